The molecule has 34 heavy (non-hydrogen) atoms. The zero-order chi connectivity index (χ0) is 25.3. The van der Waals surface area contributed by atoms with Gasteiger partial charge in [-0.2, -0.15) is 0 Å². The number of nitrogens with one attached hydrogen (secondary N) is 3. The van der Waals surface area contributed by atoms with E-state index in [0.717, 1.165) is 31.3 Å². The molecule has 0 spiro atoms. The summed E-state index contributed by atoms with van der Waals surface area (Å²) >= 11 is 0. The summed E-state index contributed by atoms with van der Waals surface area (Å²) in [6.07, 6.45) is -1.43. The Morgan fingerprint density at radius 3 is 2.35 bits per heavy atom. The molecule has 0 saturated carbocycles. The normalized spacial score (nSPS) is 18.4. The number of anilines is 1. The van der Waals surface area contributed by atoms with Gasteiger partial charge in [-0.05, 0) is 70.4 Å². The monoisotopic (exact) mass is 478 g/mol. The number of aromatic hydroxyl groups is 1. The van der Waals surface area contributed by atoms with Crippen molar-refractivity contribution in [1.29, 1.82) is 5.41 Å². The number of benzene rings is 1. The van der Waals surface area contributed by atoms with Crippen LogP contribution in [0.25, 0.3) is 16.8 Å². The SMILES string of the molecule is CC1(C)CC(Nc2ccc(-c3c(O)cc(/C(C=N)=C/N)cc3OC(F)(F)F)nn2)CC(C)(C)N1. The molecule has 184 valence electrons. The van der Waals surface area contributed by atoms with Crippen molar-refractivity contribution in [2.24, 2.45) is 5.73 Å². The fraction of sp³-hybridized carbons (Fsp3) is 0.435. The van der Waals surface area contributed by atoms with E-state index < -0.39 is 17.9 Å². The van der Waals surface area contributed by atoms with Gasteiger partial charge in [-0.1, -0.05) is 0 Å². The third kappa shape index (κ3) is 6.16. The fourth-order valence-corrected chi connectivity index (χ4v) is 4.63. The molecule has 2 heterocycles. The highest BCUT2D eigenvalue weighted by molar-refractivity contribution is 6.08. The van der Waals surface area contributed by atoms with Crippen molar-refractivity contribution in [3.05, 3.63) is 36.0 Å². The lowest BCUT2D eigenvalue weighted by atomic mass is 9.79. The molecule has 2 aromatic rings. The van der Waals surface area contributed by atoms with Crippen LogP contribution in [0, 0.1) is 5.41 Å². The van der Waals surface area contributed by atoms with Gasteiger partial charge in [0.25, 0.3) is 0 Å². The number of halogens is 3. The predicted octanol–water partition coefficient (Wildman–Crippen LogP) is 4.42. The molecule has 0 amide bonds. The molecular weight excluding hydrogens is 449 g/mol. The molecule has 3 rings (SSSR count). The first kappa shape index (κ1) is 25.3. The molecular formula is C23H29F3N6O2. The van der Waals surface area contributed by atoms with Crippen LogP contribution in [0.4, 0.5) is 19.0 Å². The van der Waals surface area contributed by atoms with Crippen molar-refractivity contribution in [1.82, 2.24) is 15.5 Å². The number of aromatic nitrogens is 2. The van der Waals surface area contributed by atoms with Crippen molar-refractivity contribution in [3.8, 4) is 22.8 Å². The Hall–Kier alpha value is -3.34. The van der Waals surface area contributed by atoms with Gasteiger partial charge in [0.1, 0.15) is 23.0 Å². The van der Waals surface area contributed by atoms with Crippen LogP contribution in [-0.4, -0.2) is 45.0 Å². The smallest absolute Gasteiger partial charge is 0.507 e. The maximum absolute atomic E-state index is 13.1. The standard InChI is InChI=1S/C23H29F3N6O2/c1-21(2)9-15(10-22(3,4)32-21)29-19-6-5-16(30-31-19)20-17(33)7-13(14(11-27)12-28)8-18(20)34-23(24,25)26/h5-8,11-12,15,27,32-33H,9-10,28H2,1-4H3,(H,29,31)/b14-12+,27-11?. The van der Waals surface area contributed by atoms with Gasteiger partial charge in [-0.25, -0.2) is 0 Å². The van der Waals surface area contributed by atoms with Crippen molar-refractivity contribution in [2.45, 2.75) is 64.0 Å². The lowest BCUT2D eigenvalue weighted by Crippen LogP contribution is -2.60. The van der Waals surface area contributed by atoms with E-state index in [1.54, 1.807) is 6.07 Å². The number of phenolic OH excluding ortho intramolecular Hbond substituents is 1. The topological polar surface area (TPSA) is 129 Å². The molecule has 0 atom stereocenters. The molecule has 1 aliphatic rings. The van der Waals surface area contributed by atoms with Crippen LogP contribution in [0.1, 0.15) is 46.1 Å². The molecule has 1 aromatic heterocycles. The van der Waals surface area contributed by atoms with E-state index in [2.05, 4.69) is 53.3 Å². The largest absolute Gasteiger partial charge is 0.573 e. The third-order valence-corrected chi connectivity index (χ3v) is 5.44. The lowest BCUT2D eigenvalue weighted by molar-refractivity contribution is -0.274. The van der Waals surface area contributed by atoms with Crippen LogP contribution < -0.4 is 21.1 Å². The molecule has 11 heteroatoms. The lowest BCUT2D eigenvalue weighted by Gasteiger charge is -2.46. The van der Waals surface area contributed by atoms with Crippen LogP contribution >= 0.6 is 0 Å². The molecule has 0 aliphatic carbocycles. The summed E-state index contributed by atoms with van der Waals surface area (Å²) in [6, 6.07) is 5.40. The maximum atomic E-state index is 13.1. The number of alkyl halides is 3. The van der Waals surface area contributed by atoms with Crippen molar-refractivity contribution in [2.75, 3.05) is 5.32 Å². The van der Waals surface area contributed by atoms with Crippen molar-refractivity contribution >= 4 is 17.6 Å². The Bertz CT molecular complexity index is 1070. The van der Waals surface area contributed by atoms with E-state index in [-0.39, 0.29) is 39.5 Å². The highest BCUT2D eigenvalue weighted by Crippen LogP contribution is 2.41. The maximum Gasteiger partial charge on any atom is 0.573 e. The number of nitrogens with zero attached hydrogens (tertiary/aromatic N) is 2. The van der Waals surface area contributed by atoms with E-state index >= 15 is 0 Å². The van der Waals surface area contributed by atoms with Gasteiger partial charge in [0.2, 0.25) is 0 Å². The first-order chi connectivity index (χ1) is 15.7. The Kier molecular flexibility index (Phi) is 6.79. The molecule has 1 saturated heterocycles. The Labute approximate surface area is 195 Å². The minimum absolute atomic E-state index is 0.00653. The number of phenols is 1. The van der Waals surface area contributed by atoms with Gasteiger partial charge in [-0.15, -0.1) is 23.4 Å². The van der Waals surface area contributed by atoms with Gasteiger partial charge in [0, 0.05) is 35.1 Å². The second-order valence-corrected chi connectivity index (χ2v) is 9.63. The zero-order valence-electron chi connectivity index (χ0n) is 19.4. The molecule has 0 bridgehead atoms. The first-order valence-electron chi connectivity index (χ1n) is 10.7. The van der Waals surface area contributed by atoms with E-state index in [1.807, 2.05) is 0 Å². The number of hydrogen-bond donors (Lipinski definition) is 5. The highest BCUT2D eigenvalue weighted by Gasteiger charge is 2.38. The highest BCUT2D eigenvalue weighted by atomic mass is 19.4. The van der Waals surface area contributed by atoms with Crippen LogP contribution in [0.15, 0.2) is 30.5 Å². The second kappa shape index (κ2) is 9.13. The second-order valence-electron chi connectivity index (χ2n) is 9.63. The van der Waals surface area contributed by atoms with Gasteiger partial charge in [0.15, 0.2) is 0 Å². The number of ether oxygens (including phenoxy) is 1. The van der Waals surface area contributed by atoms with Gasteiger partial charge < -0.3 is 31.6 Å². The molecule has 1 aliphatic heterocycles. The molecule has 1 aromatic carbocycles. The van der Waals surface area contributed by atoms with Crippen LogP contribution in [-0.2, 0) is 0 Å². The Morgan fingerprint density at radius 1 is 1.21 bits per heavy atom. The van der Waals surface area contributed by atoms with Crippen LogP contribution in [0.3, 0.4) is 0 Å². The van der Waals surface area contributed by atoms with Gasteiger partial charge in [0.05, 0.1) is 5.56 Å². The summed E-state index contributed by atoms with van der Waals surface area (Å²) in [5, 5.41) is 33.0. The summed E-state index contributed by atoms with van der Waals surface area (Å²) < 4.78 is 43.4. The minimum Gasteiger partial charge on any atom is -0.507 e. The molecule has 1 fully saturated rings. The minimum atomic E-state index is -5.01. The summed E-state index contributed by atoms with van der Waals surface area (Å²) in [4.78, 5) is 0. The van der Waals surface area contributed by atoms with Crippen molar-refractivity contribution in [3.63, 3.8) is 0 Å². The van der Waals surface area contributed by atoms with Crippen molar-refractivity contribution < 1.29 is 23.0 Å². The average molecular weight is 479 g/mol. The number of hydrogen-bond acceptors (Lipinski definition) is 8. The summed E-state index contributed by atoms with van der Waals surface area (Å²) in [6.45, 7) is 8.48. The van der Waals surface area contributed by atoms with E-state index in [0.29, 0.717) is 5.82 Å². The van der Waals surface area contributed by atoms with E-state index in [4.69, 9.17) is 11.1 Å². The molecule has 6 N–H and O–H groups in total. The molecule has 8 nitrogen and oxygen atoms in total. The van der Waals surface area contributed by atoms with E-state index in [9.17, 15) is 18.3 Å². The Balaban J connectivity index is 1.93. The fourth-order valence-electron chi connectivity index (χ4n) is 4.63. The number of nitrogens with two attached hydrogens (primary N) is 1. The van der Waals surface area contributed by atoms with Crippen LogP contribution in [0.2, 0.25) is 0 Å². The Morgan fingerprint density at radius 2 is 1.85 bits per heavy atom. The zero-order valence-corrected chi connectivity index (χ0v) is 19.4. The summed E-state index contributed by atoms with van der Waals surface area (Å²) in [7, 11) is 0. The van der Waals surface area contributed by atoms with Gasteiger partial charge in [-0.3, -0.25) is 0 Å². The van der Waals surface area contributed by atoms with E-state index in [1.165, 1.54) is 12.1 Å². The third-order valence-electron chi connectivity index (χ3n) is 5.44. The molecule has 0 radical (unpaired) electrons. The number of piperidine rings is 1. The predicted molar refractivity (Wildman–Crippen MR) is 125 cm³/mol. The summed E-state index contributed by atoms with van der Waals surface area (Å²) in [5.74, 6) is -0.732. The average Bonchev–Trinajstić information content (AvgIpc) is 2.66. The van der Waals surface area contributed by atoms with Crippen LogP contribution in [0.5, 0.6) is 11.5 Å². The molecule has 0 unspecified atom stereocenters. The quantitative estimate of drug-likeness (QED) is 0.389. The number of allylic oxidation sites excluding steroid dienone is 1. The number of rotatable bonds is 6. The summed E-state index contributed by atoms with van der Waals surface area (Å²) in [5.41, 5.74) is 5.16. The first-order valence-corrected chi connectivity index (χ1v) is 10.7. The van der Waals surface area contributed by atoms with Gasteiger partial charge >= 0.3 is 6.36 Å².